The maximum atomic E-state index is 14.9. The topological polar surface area (TPSA) is 58.4 Å². The van der Waals surface area contributed by atoms with Crippen LogP contribution in [0.3, 0.4) is 0 Å². The molecule has 11 heteroatoms. The van der Waals surface area contributed by atoms with Crippen LogP contribution in [0.2, 0.25) is 5.02 Å². The monoisotopic (exact) mass is 534 g/mol. The van der Waals surface area contributed by atoms with Gasteiger partial charge in [-0.1, -0.05) is 24.2 Å². The minimum atomic E-state index is -2.77. The zero-order valence-corrected chi connectivity index (χ0v) is 20.9. The number of hydrogen-bond donors (Lipinski definition) is 0. The third-order valence-electron chi connectivity index (χ3n) is 6.61. The Morgan fingerprint density at radius 1 is 1.28 bits per heavy atom. The molecule has 2 aliphatic rings. The predicted octanol–water partition coefficient (Wildman–Crippen LogP) is 5.12. The second-order valence-corrected chi connectivity index (χ2v) is 10.3. The number of halogens is 4. The van der Waals surface area contributed by atoms with Gasteiger partial charge < -0.3 is 9.80 Å². The van der Waals surface area contributed by atoms with Gasteiger partial charge in [0.1, 0.15) is 11.6 Å². The first-order valence-corrected chi connectivity index (χ1v) is 12.7. The minimum Gasteiger partial charge on any atom is -0.350 e. The maximum absolute atomic E-state index is 14.9. The molecule has 1 saturated heterocycles. The highest BCUT2D eigenvalue weighted by Gasteiger charge is 2.31. The molecule has 0 saturated carbocycles. The molecule has 5 rings (SSSR count). The normalized spacial score (nSPS) is 17.7. The number of aryl methyl sites for hydroxylation is 1. The van der Waals surface area contributed by atoms with Crippen LogP contribution in [-0.4, -0.2) is 51.8 Å². The quantitative estimate of drug-likeness (QED) is 0.435. The summed E-state index contributed by atoms with van der Waals surface area (Å²) in [6.45, 7) is 7.18. The van der Waals surface area contributed by atoms with Gasteiger partial charge in [0, 0.05) is 64.9 Å². The molecule has 0 unspecified atom stereocenters. The van der Waals surface area contributed by atoms with E-state index in [4.69, 9.17) is 11.6 Å². The van der Waals surface area contributed by atoms with E-state index in [9.17, 15) is 22.8 Å². The lowest BCUT2D eigenvalue weighted by molar-refractivity contribution is -0.126. The van der Waals surface area contributed by atoms with Gasteiger partial charge in [0.15, 0.2) is 0 Å². The average molecular weight is 535 g/mol. The molecule has 0 aliphatic carbocycles. The summed E-state index contributed by atoms with van der Waals surface area (Å²) in [4.78, 5) is 33.8. The maximum Gasteiger partial charge on any atom is 0.350 e. The number of thioether (sulfide) groups is 1. The zero-order valence-electron chi connectivity index (χ0n) is 19.3. The summed E-state index contributed by atoms with van der Waals surface area (Å²) in [5.41, 5.74) is 0.0364. The molecule has 3 aromatic rings. The van der Waals surface area contributed by atoms with Gasteiger partial charge in [-0.2, -0.15) is 4.98 Å². The highest BCUT2D eigenvalue weighted by Crippen LogP contribution is 2.46. The summed E-state index contributed by atoms with van der Waals surface area (Å²) < 4.78 is 43.3. The number of carbonyl (C=O) groups excluding carboxylic acids is 1. The molecule has 36 heavy (non-hydrogen) atoms. The molecule has 188 valence electrons. The minimum absolute atomic E-state index is 0.0358. The van der Waals surface area contributed by atoms with Crippen molar-refractivity contribution in [2.24, 2.45) is 0 Å². The Labute approximate surface area is 214 Å². The predicted molar refractivity (Wildman–Crippen MR) is 136 cm³/mol. The number of nitrogens with zero attached hydrogens (tertiary/aromatic N) is 4. The van der Waals surface area contributed by atoms with E-state index in [1.165, 1.54) is 22.4 Å². The van der Waals surface area contributed by atoms with Crippen molar-refractivity contribution in [2.45, 2.75) is 30.8 Å². The number of anilines is 1. The number of rotatable bonds is 4. The average Bonchev–Trinajstić information content (AvgIpc) is 2.86. The SMILES string of the molecule is C=CC(=O)N1CCN(c2nc(=O)n3c4c(c(-c5cc(C(F)F)ccc5F)c(Cl)cc24)SCC3)[C@@H](C)C1. The third-order valence-corrected chi connectivity index (χ3v) is 7.98. The standard InChI is InChI=1S/C25H22ClF3N4O2S/c1-3-19(34)31-6-7-32(13(2)12-31)24-16-11-17(26)20(15-10-14(23(28)29)4-5-18(15)27)22-21(16)33(8-9-36-22)25(35)30-24/h3-5,10-11,13,23H,1,6-9,12H2,2H3/t13-/m0/s1. The van der Waals surface area contributed by atoms with Gasteiger partial charge in [0.25, 0.3) is 6.43 Å². The fraction of sp³-hybridized carbons (Fsp3) is 0.320. The Bertz CT molecular complexity index is 1460. The Morgan fingerprint density at radius 3 is 2.75 bits per heavy atom. The smallest absolute Gasteiger partial charge is 0.350 e. The summed E-state index contributed by atoms with van der Waals surface area (Å²) in [6.07, 6.45) is -1.49. The largest absolute Gasteiger partial charge is 0.350 e. The second-order valence-electron chi connectivity index (χ2n) is 8.75. The Hall–Kier alpha value is -2.98. The van der Waals surface area contributed by atoms with Crippen LogP contribution in [0.15, 0.2) is 46.6 Å². The van der Waals surface area contributed by atoms with E-state index in [0.717, 1.165) is 18.2 Å². The summed E-state index contributed by atoms with van der Waals surface area (Å²) in [5, 5.41) is 0.796. The second kappa shape index (κ2) is 9.48. The van der Waals surface area contributed by atoms with Gasteiger partial charge >= 0.3 is 5.69 Å². The van der Waals surface area contributed by atoms with Crippen molar-refractivity contribution in [1.82, 2.24) is 14.5 Å². The van der Waals surface area contributed by atoms with Gasteiger partial charge in [0.2, 0.25) is 5.91 Å². The van der Waals surface area contributed by atoms with Crippen LogP contribution >= 0.6 is 23.4 Å². The fourth-order valence-corrected chi connectivity index (χ4v) is 6.45. The van der Waals surface area contributed by atoms with Crippen molar-refractivity contribution >= 4 is 46.0 Å². The summed E-state index contributed by atoms with van der Waals surface area (Å²) in [5.74, 6) is 0.112. The van der Waals surface area contributed by atoms with E-state index >= 15 is 0 Å². The van der Waals surface area contributed by atoms with E-state index in [2.05, 4.69) is 11.6 Å². The van der Waals surface area contributed by atoms with Crippen molar-refractivity contribution < 1.29 is 18.0 Å². The van der Waals surface area contributed by atoms with Crippen LogP contribution in [0.5, 0.6) is 0 Å². The van der Waals surface area contributed by atoms with E-state index in [0.29, 0.717) is 53.5 Å². The molecule has 3 heterocycles. The molecule has 1 amide bonds. The summed E-state index contributed by atoms with van der Waals surface area (Å²) in [6, 6.07) is 4.65. The fourth-order valence-electron chi connectivity index (χ4n) is 4.89. The van der Waals surface area contributed by atoms with Crippen LogP contribution in [0.4, 0.5) is 19.0 Å². The van der Waals surface area contributed by atoms with Gasteiger partial charge in [-0.15, -0.1) is 11.8 Å². The van der Waals surface area contributed by atoms with E-state index in [-0.39, 0.29) is 33.7 Å². The third kappa shape index (κ3) is 4.06. The molecule has 2 aromatic carbocycles. The van der Waals surface area contributed by atoms with Crippen LogP contribution in [0.1, 0.15) is 18.9 Å². The number of benzene rings is 2. The molecule has 1 atom stereocenters. The molecule has 0 spiro atoms. The Kier molecular flexibility index (Phi) is 6.50. The highest BCUT2D eigenvalue weighted by atomic mass is 35.5. The Balaban J connectivity index is 1.71. The molecule has 0 bridgehead atoms. The zero-order chi connectivity index (χ0) is 25.7. The van der Waals surface area contributed by atoms with Gasteiger partial charge in [-0.05, 0) is 31.2 Å². The lowest BCUT2D eigenvalue weighted by atomic mass is 10.00. The molecular weight excluding hydrogens is 513 g/mol. The Morgan fingerprint density at radius 2 is 2.06 bits per heavy atom. The van der Waals surface area contributed by atoms with E-state index in [1.54, 1.807) is 11.0 Å². The van der Waals surface area contributed by atoms with Crippen LogP contribution < -0.4 is 10.6 Å². The van der Waals surface area contributed by atoms with Crippen molar-refractivity contribution in [3.05, 3.63) is 63.8 Å². The first-order valence-electron chi connectivity index (χ1n) is 11.4. The van der Waals surface area contributed by atoms with Crippen LogP contribution in [0.25, 0.3) is 22.0 Å². The molecule has 2 aliphatic heterocycles. The van der Waals surface area contributed by atoms with Crippen LogP contribution in [0, 0.1) is 5.82 Å². The number of alkyl halides is 2. The number of carbonyl (C=O) groups is 1. The lowest BCUT2D eigenvalue weighted by Crippen LogP contribution is -2.54. The number of hydrogen-bond acceptors (Lipinski definition) is 5. The molecule has 0 radical (unpaired) electrons. The van der Waals surface area contributed by atoms with Crippen molar-refractivity contribution in [2.75, 3.05) is 30.3 Å². The summed E-state index contributed by atoms with van der Waals surface area (Å²) >= 11 is 8.11. The molecule has 6 nitrogen and oxygen atoms in total. The molecular formula is C25H22ClF3N4O2S. The highest BCUT2D eigenvalue weighted by molar-refractivity contribution is 7.99. The van der Waals surface area contributed by atoms with Crippen molar-refractivity contribution in [1.29, 1.82) is 0 Å². The number of aromatic nitrogens is 2. The number of piperazine rings is 1. The molecule has 0 N–H and O–H groups in total. The summed E-state index contributed by atoms with van der Waals surface area (Å²) in [7, 11) is 0. The molecule has 1 aromatic heterocycles. The first kappa shape index (κ1) is 24.7. The van der Waals surface area contributed by atoms with E-state index < -0.39 is 17.9 Å². The van der Waals surface area contributed by atoms with Crippen molar-refractivity contribution in [3.8, 4) is 11.1 Å². The van der Waals surface area contributed by atoms with Gasteiger partial charge in [-0.3, -0.25) is 9.36 Å². The van der Waals surface area contributed by atoms with Crippen LogP contribution in [-0.2, 0) is 11.3 Å². The van der Waals surface area contributed by atoms with E-state index in [1.807, 2.05) is 11.8 Å². The van der Waals surface area contributed by atoms with Crippen molar-refractivity contribution in [3.63, 3.8) is 0 Å². The molecule has 1 fully saturated rings. The van der Waals surface area contributed by atoms with Gasteiger partial charge in [-0.25, -0.2) is 18.0 Å². The first-order chi connectivity index (χ1) is 17.2. The number of amides is 1. The van der Waals surface area contributed by atoms with Gasteiger partial charge in [0.05, 0.1) is 10.5 Å². The lowest BCUT2D eigenvalue weighted by Gasteiger charge is -2.40.